The van der Waals surface area contributed by atoms with E-state index in [0.717, 1.165) is 21.4 Å². The van der Waals surface area contributed by atoms with Gasteiger partial charge in [-0.3, -0.25) is 4.98 Å². The summed E-state index contributed by atoms with van der Waals surface area (Å²) in [5, 5.41) is 0. The molecule has 0 aliphatic carbocycles. The van der Waals surface area contributed by atoms with E-state index in [0.29, 0.717) is 0 Å². The third-order valence-electron chi connectivity index (χ3n) is 1.71. The SMILES string of the molecule is Cc1ccc2[nH]c(=S)ccc2n1. The minimum absolute atomic E-state index is 0.744. The Balaban J connectivity index is 2.87. The number of hydrogen-bond donors (Lipinski definition) is 1. The third kappa shape index (κ3) is 1.23. The molecule has 0 unspecified atom stereocenters. The fourth-order valence-electron chi connectivity index (χ4n) is 1.14. The molecule has 0 aromatic carbocycles. The lowest BCUT2D eigenvalue weighted by Crippen LogP contribution is -1.85. The second-order valence-electron chi connectivity index (χ2n) is 2.71. The van der Waals surface area contributed by atoms with Gasteiger partial charge in [0.1, 0.15) is 4.64 Å². The van der Waals surface area contributed by atoms with E-state index in [-0.39, 0.29) is 0 Å². The zero-order chi connectivity index (χ0) is 8.55. The van der Waals surface area contributed by atoms with Crippen molar-refractivity contribution in [2.24, 2.45) is 0 Å². The van der Waals surface area contributed by atoms with Crippen molar-refractivity contribution in [1.29, 1.82) is 0 Å². The largest absolute Gasteiger partial charge is 0.345 e. The average Bonchev–Trinajstić information content (AvgIpc) is 2.05. The third-order valence-corrected chi connectivity index (χ3v) is 1.95. The highest BCUT2D eigenvalue weighted by molar-refractivity contribution is 7.71. The van der Waals surface area contributed by atoms with Crippen LogP contribution in [0.4, 0.5) is 0 Å². The lowest BCUT2D eigenvalue weighted by atomic mass is 10.3. The Morgan fingerprint density at radius 1 is 1.25 bits per heavy atom. The number of nitrogens with zero attached hydrogens (tertiary/aromatic N) is 1. The van der Waals surface area contributed by atoms with Crippen LogP contribution >= 0.6 is 12.2 Å². The average molecular weight is 176 g/mol. The van der Waals surface area contributed by atoms with Gasteiger partial charge in [0.2, 0.25) is 0 Å². The fourth-order valence-corrected chi connectivity index (χ4v) is 1.32. The van der Waals surface area contributed by atoms with E-state index >= 15 is 0 Å². The molecule has 1 N–H and O–H groups in total. The quantitative estimate of drug-likeness (QED) is 0.625. The van der Waals surface area contributed by atoms with Crippen molar-refractivity contribution in [2.45, 2.75) is 6.92 Å². The maximum atomic E-state index is 4.99. The number of aromatic amines is 1. The summed E-state index contributed by atoms with van der Waals surface area (Å²) in [5.74, 6) is 0. The molecule has 0 saturated carbocycles. The van der Waals surface area contributed by atoms with Gasteiger partial charge < -0.3 is 4.98 Å². The molecule has 0 saturated heterocycles. The van der Waals surface area contributed by atoms with Crippen LogP contribution in [-0.4, -0.2) is 9.97 Å². The molecule has 60 valence electrons. The van der Waals surface area contributed by atoms with Gasteiger partial charge in [-0.1, -0.05) is 12.2 Å². The van der Waals surface area contributed by atoms with Gasteiger partial charge in [-0.2, -0.15) is 0 Å². The number of pyridine rings is 2. The molecule has 0 radical (unpaired) electrons. The second kappa shape index (κ2) is 2.68. The Morgan fingerprint density at radius 3 is 2.92 bits per heavy atom. The van der Waals surface area contributed by atoms with Crippen molar-refractivity contribution >= 4 is 23.3 Å². The van der Waals surface area contributed by atoms with Gasteiger partial charge in [0.15, 0.2) is 0 Å². The summed E-state index contributed by atoms with van der Waals surface area (Å²) in [6.07, 6.45) is 0. The molecular formula is C9H8N2S. The topological polar surface area (TPSA) is 28.7 Å². The van der Waals surface area contributed by atoms with Crippen LogP contribution in [0.5, 0.6) is 0 Å². The van der Waals surface area contributed by atoms with Crippen LogP contribution in [0.25, 0.3) is 11.0 Å². The van der Waals surface area contributed by atoms with Crippen LogP contribution in [0.1, 0.15) is 5.69 Å². The first-order chi connectivity index (χ1) is 5.75. The van der Waals surface area contributed by atoms with Crippen LogP contribution < -0.4 is 0 Å². The van der Waals surface area contributed by atoms with Crippen LogP contribution in [0.2, 0.25) is 0 Å². The summed E-state index contributed by atoms with van der Waals surface area (Å²) in [5.41, 5.74) is 2.98. The lowest BCUT2D eigenvalue weighted by Gasteiger charge is -1.97. The molecule has 2 aromatic heterocycles. The van der Waals surface area contributed by atoms with Crippen LogP contribution in [-0.2, 0) is 0 Å². The number of fused-ring (bicyclic) bond motifs is 1. The summed E-state index contributed by atoms with van der Waals surface area (Å²) in [4.78, 5) is 7.41. The summed E-state index contributed by atoms with van der Waals surface area (Å²) < 4.78 is 0.744. The molecule has 0 bridgehead atoms. The van der Waals surface area contributed by atoms with Gasteiger partial charge >= 0.3 is 0 Å². The smallest absolute Gasteiger partial charge is 0.103 e. The first-order valence-electron chi connectivity index (χ1n) is 3.72. The first-order valence-corrected chi connectivity index (χ1v) is 4.13. The molecule has 12 heavy (non-hydrogen) atoms. The molecule has 0 aliphatic rings. The van der Waals surface area contributed by atoms with E-state index in [9.17, 15) is 0 Å². The van der Waals surface area contributed by atoms with Crippen molar-refractivity contribution in [2.75, 3.05) is 0 Å². The van der Waals surface area contributed by atoms with Crippen LogP contribution in [0.15, 0.2) is 24.3 Å². The summed E-state index contributed by atoms with van der Waals surface area (Å²) in [7, 11) is 0. The molecule has 0 aliphatic heterocycles. The lowest BCUT2D eigenvalue weighted by molar-refractivity contribution is 1.23. The zero-order valence-corrected chi connectivity index (χ0v) is 7.48. The van der Waals surface area contributed by atoms with E-state index in [1.54, 1.807) is 0 Å². The van der Waals surface area contributed by atoms with Crippen molar-refractivity contribution in [3.8, 4) is 0 Å². The molecule has 2 heterocycles. The first kappa shape index (κ1) is 7.43. The summed E-state index contributed by atoms with van der Waals surface area (Å²) >= 11 is 4.99. The maximum absolute atomic E-state index is 4.99. The van der Waals surface area contributed by atoms with Crippen molar-refractivity contribution in [1.82, 2.24) is 9.97 Å². The minimum atomic E-state index is 0.744. The number of aromatic nitrogens is 2. The van der Waals surface area contributed by atoms with Crippen LogP contribution in [0.3, 0.4) is 0 Å². The maximum Gasteiger partial charge on any atom is 0.103 e. The normalized spacial score (nSPS) is 10.4. The summed E-state index contributed by atoms with van der Waals surface area (Å²) in [6, 6.07) is 7.74. The van der Waals surface area contributed by atoms with Crippen molar-refractivity contribution < 1.29 is 0 Å². The number of aryl methyl sites for hydroxylation is 1. The fraction of sp³-hybridized carbons (Fsp3) is 0.111. The van der Waals surface area contributed by atoms with Crippen molar-refractivity contribution in [3.05, 3.63) is 34.6 Å². The number of nitrogens with one attached hydrogen (secondary N) is 1. The second-order valence-corrected chi connectivity index (χ2v) is 3.15. The summed E-state index contributed by atoms with van der Waals surface area (Å²) in [6.45, 7) is 1.97. The van der Waals surface area contributed by atoms with Crippen molar-refractivity contribution in [3.63, 3.8) is 0 Å². The molecule has 2 rings (SSSR count). The van der Waals surface area contributed by atoms with Gasteiger partial charge in [-0.15, -0.1) is 0 Å². The van der Waals surface area contributed by atoms with E-state index in [4.69, 9.17) is 12.2 Å². The molecule has 0 fully saturated rings. The van der Waals surface area contributed by atoms with E-state index < -0.39 is 0 Å². The molecule has 3 heteroatoms. The molecule has 0 spiro atoms. The number of H-pyrrole nitrogens is 1. The van der Waals surface area contributed by atoms with E-state index in [1.807, 2.05) is 31.2 Å². The molecular weight excluding hydrogens is 168 g/mol. The highest BCUT2D eigenvalue weighted by atomic mass is 32.1. The standard InChI is InChI=1S/C9H8N2S/c1-6-2-3-8-7(10-6)4-5-9(12)11-8/h2-5H,1H3,(H,11,12). The highest BCUT2D eigenvalue weighted by Gasteiger charge is 1.92. The Bertz CT molecular complexity index is 473. The van der Waals surface area contributed by atoms with Gasteiger partial charge in [0.25, 0.3) is 0 Å². The van der Waals surface area contributed by atoms with Gasteiger partial charge in [0.05, 0.1) is 11.0 Å². The van der Waals surface area contributed by atoms with Gasteiger partial charge in [-0.25, -0.2) is 0 Å². The molecule has 0 atom stereocenters. The number of hydrogen-bond acceptors (Lipinski definition) is 2. The van der Waals surface area contributed by atoms with Gasteiger partial charge in [-0.05, 0) is 31.2 Å². The monoisotopic (exact) mass is 176 g/mol. The Hall–Kier alpha value is -1.22. The Morgan fingerprint density at radius 2 is 2.08 bits per heavy atom. The Kier molecular flexibility index (Phi) is 1.66. The van der Waals surface area contributed by atoms with Crippen LogP contribution in [0, 0.1) is 11.6 Å². The van der Waals surface area contributed by atoms with Gasteiger partial charge in [0, 0.05) is 5.69 Å². The van der Waals surface area contributed by atoms with E-state index in [1.165, 1.54) is 0 Å². The molecule has 2 aromatic rings. The zero-order valence-electron chi connectivity index (χ0n) is 6.66. The number of rotatable bonds is 0. The predicted molar refractivity (Wildman–Crippen MR) is 51.7 cm³/mol. The molecule has 2 nitrogen and oxygen atoms in total. The van der Waals surface area contributed by atoms with E-state index in [2.05, 4.69) is 9.97 Å². The minimum Gasteiger partial charge on any atom is -0.345 e. The Labute approximate surface area is 75.3 Å². The highest BCUT2D eigenvalue weighted by Crippen LogP contribution is 2.08. The molecule has 0 amide bonds. The predicted octanol–water partition coefficient (Wildman–Crippen LogP) is 2.60.